The highest BCUT2D eigenvalue weighted by atomic mass is 32.1. The predicted octanol–water partition coefficient (Wildman–Crippen LogP) is 3.69. The average Bonchev–Trinajstić information content (AvgIpc) is 2.70. The highest BCUT2D eigenvalue weighted by Crippen LogP contribution is 2.25. The van der Waals surface area contributed by atoms with Gasteiger partial charge in [0.1, 0.15) is 10.8 Å². The number of benzene rings is 1. The van der Waals surface area contributed by atoms with E-state index in [9.17, 15) is 4.39 Å². The van der Waals surface area contributed by atoms with Crippen LogP contribution < -0.4 is 0 Å². The molecule has 1 aromatic heterocycles. The Hall–Kier alpha value is -0.870. The van der Waals surface area contributed by atoms with Crippen LogP contribution in [0.4, 0.5) is 4.39 Å². The molecule has 0 aliphatic carbocycles. The van der Waals surface area contributed by atoms with Crippen molar-refractivity contribution in [3.05, 3.63) is 40.7 Å². The normalized spacial score (nSPS) is 10.6. The van der Waals surface area contributed by atoms with Gasteiger partial charge in [-0.1, -0.05) is 0 Å². The van der Waals surface area contributed by atoms with Crippen LogP contribution in [0.15, 0.2) is 23.6 Å². The molecule has 0 atom stereocenters. The molecule has 0 unspecified atom stereocenters. The van der Waals surface area contributed by atoms with Crippen molar-refractivity contribution in [3.63, 3.8) is 0 Å². The Morgan fingerprint density at radius 2 is 2.27 bits per heavy atom. The quantitative estimate of drug-likeness (QED) is 0.789. The van der Waals surface area contributed by atoms with Crippen LogP contribution >= 0.6 is 24.0 Å². The van der Waals surface area contributed by atoms with Crippen molar-refractivity contribution >= 4 is 24.0 Å². The van der Waals surface area contributed by atoms with Crippen LogP contribution in [-0.2, 0) is 5.75 Å². The summed E-state index contributed by atoms with van der Waals surface area (Å²) in [7, 11) is 0. The van der Waals surface area contributed by atoms with E-state index in [1.165, 1.54) is 6.07 Å². The van der Waals surface area contributed by atoms with Gasteiger partial charge in [-0.15, -0.1) is 11.3 Å². The van der Waals surface area contributed by atoms with Gasteiger partial charge in [0.2, 0.25) is 0 Å². The van der Waals surface area contributed by atoms with E-state index < -0.39 is 0 Å². The molecule has 0 fully saturated rings. The third kappa shape index (κ3) is 2.21. The van der Waals surface area contributed by atoms with Crippen molar-refractivity contribution in [2.45, 2.75) is 12.7 Å². The minimum atomic E-state index is -0.176. The lowest BCUT2D eigenvalue weighted by atomic mass is 10.1. The summed E-state index contributed by atoms with van der Waals surface area (Å²) in [6.45, 7) is 1.76. The highest BCUT2D eigenvalue weighted by molar-refractivity contribution is 7.79. The Morgan fingerprint density at radius 3 is 2.87 bits per heavy atom. The summed E-state index contributed by atoms with van der Waals surface area (Å²) in [5, 5.41) is 2.89. The minimum absolute atomic E-state index is 0.176. The first-order chi connectivity index (χ1) is 7.20. The molecular formula is C11H10FNS2. The van der Waals surface area contributed by atoms with Gasteiger partial charge in [-0.05, 0) is 30.7 Å². The van der Waals surface area contributed by atoms with Crippen LogP contribution in [0.2, 0.25) is 0 Å². The summed E-state index contributed by atoms with van der Waals surface area (Å²) >= 11 is 5.72. The monoisotopic (exact) mass is 239 g/mol. The Kier molecular flexibility index (Phi) is 3.07. The molecule has 0 saturated heterocycles. The molecule has 0 aliphatic heterocycles. The van der Waals surface area contributed by atoms with Crippen molar-refractivity contribution in [2.24, 2.45) is 0 Å². The molecule has 1 nitrogen and oxygen atoms in total. The molecule has 0 bridgehead atoms. The lowest BCUT2D eigenvalue weighted by Gasteiger charge is -1.99. The van der Waals surface area contributed by atoms with E-state index in [0.717, 1.165) is 16.3 Å². The molecular weight excluding hydrogens is 229 g/mol. The van der Waals surface area contributed by atoms with Crippen LogP contribution in [0.5, 0.6) is 0 Å². The maximum atomic E-state index is 13.1. The molecule has 15 heavy (non-hydrogen) atoms. The molecule has 0 aliphatic rings. The van der Waals surface area contributed by atoms with Gasteiger partial charge in [0.15, 0.2) is 0 Å². The van der Waals surface area contributed by atoms with Crippen molar-refractivity contribution in [3.8, 4) is 10.6 Å². The molecule has 0 spiro atoms. The van der Waals surface area contributed by atoms with E-state index in [0.29, 0.717) is 11.3 Å². The zero-order valence-corrected chi connectivity index (χ0v) is 9.91. The number of rotatable bonds is 2. The van der Waals surface area contributed by atoms with Crippen molar-refractivity contribution < 1.29 is 4.39 Å². The molecule has 0 N–H and O–H groups in total. The highest BCUT2D eigenvalue weighted by Gasteiger charge is 2.05. The van der Waals surface area contributed by atoms with Crippen LogP contribution in [-0.4, -0.2) is 4.98 Å². The maximum Gasteiger partial charge on any atom is 0.126 e. The molecule has 2 rings (SSSR count). The third-order valence-electron chi connectivity index (χ3n) is 2.12. The van der Waals surface area contributed by atoms with Crippen molar-refractivity contribution in [1.29, 1.82) is 0 Å². The Balaban J connectivity index is 2.40. The topological polar surface area (TPSA) is 12.9 Å². The number of nitrogens with zero attached hydrogens (tertiary/aromatic N) is 1. The van der Waals surface area contributed by atoms with Crippen molar-refractivity contribution in [2.75, 3.05) is 0 Å². The van der Waals surface area contributed by atoms with Crippen LogP contribution in [0.25, 0.3) is 10.6 Å². The molecule has 0 radical (unpaired) electrons. The van der Waals surface area contributed by atoms with E-state index in [1.54, 1.807) is 24.3 Å². The lowest BCUT2D eigenvalue weighted by Crippen LogP contribution is -1.84. The number of hydrogen-bond donors (Lipinski definition) is 1. The van der Waals surface area contributed by atoms with Gasteiger partial charge < -0.3 is 0 Å². The maximum absolute atomic E-state index is 13.1. The second-order valence-electron chi connectivity index (χ2n) is 3.27. The van der Waals surface area contributed by atoms with E-state index >= 15 is 0 Å². The number of thiazole rings is 1. The SMILES string of the molecule is Cc1cc(-c2nc(CS)cs2)ccc1F. The summed E-state index contributed by atoms with van der Waals surface area (Å²) < 4.78 is 13.1. The first-order valence-electron chi connectivity index (χ1n) is 4.52. The van der Waals surface area contributed by atoms with Gasteiger partial charge in [0, 0.05) is 16.7 Å². The second kappa shape index (κ2) is 4.33. The lowest BCUT2D eigenvalue weighted by molar-refractivity contribution is 0.619. The van der Waals surface area contributed by atoms with Gasteiger partial charge in [0.25, 0.3) is 0 Å². The van der Waals surface area contributed by atoms with Gasteiger partial charge in [-0.2, -0.15) is 12.6 Å². The minimum Gasteiger partial charge on any atom is -0.240 e. The fraction of sp³-hybridized carbons (Fsp3) is 0.182. The number of thiol groups is 1. The van der Waals surface area contributed by atoms with Gasteiger partial charge >= 0.3 is 0 Å². The molecule has 1 aromatic carbocycles. The fourth-order valence-corrected chi connectivity index (χ4v) is 2.39. The van der Waals surface area contributed by atoms with E-state index in [2.05, 4.69) is 17.6 Å². The number of halogens is 1. The molecule has 0 amide bonds. The van der Waals surface area contributed by atoms with Gasteiger partial charge in [0.05, 0.1) is 5.69 Å². The second-order valence-corrected chi connectivity index (χ2v) is 4.44. The third-order valence-corrected chi connectivity index (χ3v) is 3.38. The van der Waals surface area contributed by atoms with Crippen LogP contribution in [0, 0.1) is 12.7 Å². The van der Waals surface area contributed by atoms with E-state index in [-0.39, 0.29) is 5.82 Å². The smallest absolute Gasteiger partial charge is 0.126 e. The summed E-state index contributed by atoms with van der Waals surface area (Å²) in [6.07, 6.45) is 0. The molecule has 0 saturated carbocycles. The zero-order valence-electron chi connectivity index (χ0n) is 8.20. The first-order valence-corrected chi connectivity index (χ1v) is 6.03. The van der Waals surface area contributed by atoms with Crippen molar-refractivity contribution in [1.82, 2.24) is 4.98 Å². The molecule has 2 aromatic rings. The average molecular weight is 239 g/mol. The van der Waals surface area contributed by atoms with Gasteiger partial charge in [-0.3, -0.25) is 0 Å². The zero-order chi connectivity index (χ0) is 10.8. The molecule has 4 heteroatoms. The number of aryl methyl sites for hydroxylation is 1. The first kappa shape index (κ1) is 10.6. The predicted molar refractivity (Wildman–Crippen MR) is 64.9 cm³/mol. The van der Waals surface area contributed by atoms with E-state index in [1.807, 2.05) is 11.4 Å². The van der Waals surface area contributed by atoms with E-state index in [4.69, 9.17) is 0 Å². The standard InChI is InChI=1S/C11H10FNS2/c1-7-4-8(2-3-10(7)12)11-13-9(5-14)6-15-11/h2-4,6,14H,5H2,1H3. The van der Waals surface area contributed by atoms with Gasteiger partial charge in [-0.25, -0.2) is 9.37 Å². The summed E-state index contributed by atoms with van der Waals surface area (Å²) in [5.74, 6) is 0.459. The summed E-state index contributed by atoms with van der Waals surface area (Å²) in [6, 6.07) is 5.05. The number of hydrogen-bond acceptors (Lipinski definition) is 3. The Labute approximate surface area is 97.4 Å². The molecule has 1 heterocycles. The van der Waals surface area contributed by atoms with Crippen LogP contribution in [0.1, 0.15) is 11.3 Å². The summed E-state index contributed by atoms with van der Waals surface area (Å²) in [4.78, 5) is 4.39. The fourth-order valence-electron chi connectivity index (χ4n) is 1.29. The Bertz CT molecular complexity index is 479. The molecule has 78 valence electrons. The Morgan fingerprint density at radius 1 is 1.47 bits per heavy atom. The summed E-state index contributed by atoms with van der Waals surface area (Å²) in [5.41, 5.74) is 2.57. The van der Waals surface area contributed by atoms with Crippen LogP contribution in [0.3, 0.4) is 0 Å². The largest absolute Gasteiger partial charge is 0.240 e. The number of aromatic nitrogens is 1.